The van der Waals surface area contributed by atoms with Crippen LogP contribution in [-0.4, -0.2) is 50.1 Å². The van der Waals surface area contributed by atoms with E-state index in [1.165, 1.54) is 0 Å². The van der Waals surface area contributed by atoms with E-state index >= 15 is 0 Å². The highest BCUT2D eigenvalue weighted by molar-refractivity contribution is 5.94. The van der Waals surface area contributed by atoms with Crippen molar-refractivity contribution in [3.05, 3.63) is 35.4 Å². The molecule has 0 atom stereocenters. The highest BCUT2D eigenvalue weighted by Gasteiger charge is 2.12. The molecule has 0 bridgehead atoms. The van der Waals surface area contributed by atoms with Gasteiger partial charge >= 0.3 is 0 Å². The summed E-state index contributed by atoms with van der Waals surface area (Å²) >= 11 is 0. The van der Waals surface area contributed by atoms with Crippen LogP contribution in [0.25, 0.3) is 0 Å². The molecule has 0 aliphatic carbocycles. The first-order valence-corrected chi connectivity index (χ1v) is 6.83. The van der Waals surface area contributed by atoms with Crippen LogP contribution >= 0.6 is 12.4 Å². The number of piperazine rings is 1. The van der Waals surface area contributed by atoms with Gasteiger partial charge in [-0.1, -0.05) is 0 Å². The zero-order valence-electron chi connectivity index (χ0n) is 11.7. The molecule has 0 unspecified atom stereocenters. The molecule has 7 heteroatoms. The molecule has 1 aromatic carbocycles. The van der Waals surface area contributed by atoms with Crippen LogP contribution in [0.4, 0.5) is 8.78 Å². The second-order valence-corrected chi connectivity index (χ2v) is 4.83. The minimum absolute atomic E-state index is 0. The predicted octanol–water partition coefficient (Wildman–Crippen LogP) is 1.41. The van der Waals surface area contributed by atoms with Gasteiger partial charge < -0.3 is 15.5 Å². The summed E-state index contributed by atoms with van der Waals surface area (Å²) in [5, 5.41) is 5.93. The lowest BCUT2D eigenvalue weighted by Gasteiger charge is -2.27. The highest BCUT2D eigenvalue weighted by Crippen LogP contribution is 2.09. The first-order valence-electron chi connectivity index (χ1n) is 6.83. The first-order chi connectivity index (χ1) is 9.66. The zero-order valence-corrected chi connectivity index (χ0v) is 12.5. The first kappa shape index (κ1) is 17.8. The van der Waals surface area contributed by atoms with Gasteiger partial charge in [0.1, 0.15) is 11.6 Å². The molecule has 1 aliphatic rings. The van der Waals surface area contributed by atoms with Crippen LogP contribution < -0.4 is 10.6 Å². The van der Waals surface area contributed by atoms with E-state index in [0.717, 1.165) is 57.3 Å². The molecule has 118 valence electrons. The number of carbonyl (C=O) groups excluding carboxylic acids is 1. The van der Waals surface area contributed by atoms with E-state index in [0.29, 0.717) is 6.54 Å². The molecule has 2 N–H and O–H groups in total. The number of nitrogens with zero attached hydrogens (tertiary/aromatic N) is 1. The Labute approximate surface area is 129 Å². The molecule has 4 nitrogen and oxygen atoms in total. The van der Waals surface area contributed by atoms with E-state index < -0.39 is 17.5 Å². The number of rotatable bonds is 5. The molecule has 1 heterocycles. The quantitative estimate of drug-likeness (QED) is 0.807. The second-order valence-electron chi connectivity index (χ2n) is 4.83. The van der Waals surface area contributed by atoms with Crippen molar-refractivity contribution in [1.82, 2.24) is 15.5 Å². The molecule has 1 aliphatic heterocycles. The van der Waals surface area contributed by atoms with Crippen LogP contribution in [0.1, 0.15) is 16.8 Å². The summed E-state index contributed by atoms with van der Waals surface area (Å²) in [6, 6.07) is 2.96. The number of hydrogen-bond donors (Lipinski definition) is 2. The third kappa shape index (κ3) is 5.57. The van der Waals surface area contributed by atoms with Gasteiger partial charge in [0.25, 0.3) is 5.91 Å². The number of carbonyl (C=O) groups is 1. The van der Waals surface area contributed by atoms with Crippen LogP contribution in [-0.2, 0) is 0 Å². The SMILES string of the molecule is Cl.O=C(NCCCN1CCNCC1)c1ccc(F)cc1F. The van der Waals surface area contributed by atoms with Crippen LogP contribution in [0.2, 0.25) is 0 Å². The molecule has 1 aromatic rings. The van der Waals surface area contributed by atoms with Gasteiger partial charge in [0.2, 0.25) is 0 Å². The molecule has 21 heavy (non-hydrogen) atoms. The summed E-state index contributed by atoms with van der Waals surface area (Å²) in [5.41, 5.74) is -0.117. The topological polar surface area (TPSA) is 44.4 Å². The number of halogens is 3. The summed E-state index contributed by atoms with van der Waals surface area (Å²) in [4.78, 5) is 14.1. The molecule has 0 aromatic heterocycles. The Hall–Kier alpha value is -1.24. The Morgan fingerprint density at radius 1 is 1.29 bits per heavy atom. The summed E-state index contributed by atoms with van der Waals surface area (Å²) < 4.78 is 26.1. The Kier molecular flexibility index (Phi) is 7.56. The van der Waals surface area contributed by atoms with Gasteiger partial charge in [-0.25, -0.2) is 8.78 Å². The van der Waals surface area contributed by atoms with Crippen molar-refractivity contribution in [3.8, 4) is 0 Å². The Balaban J connectivity index is 0.00000220. The number of benzene rings is 1. The van der Waals surface area contributed by atoms with Crippen molar-refractivity contribution in [2.75, 3.05) is 39.3 Å². The normalized spacial score (nSPS) is 15.3. The highest BCUT2D eigenvalue weighted by atomic mass is 35.5. The lowest BCUT2D eigenvalue weighted by molar-refractivity contribution is 0.0947. The fourth-order valence-corrected chi connectivity index (χ4v) is 2.21. The van der Waals surface area contributed by atoms with Crippen molar-refractivity contribution in [2.24, 2.45) is 0 Å². The second kappa shape index (κ2) is 8.92. The average molecular weight is 320 g/mol. The Morgan fingerprint density at radius 2 is 2.00 bits per heavy atom. The van der Waals surface area contributed by atoms with Crippen LogP contribution in [0.3, 0.4) is 0 Å². The molecule has 0 spiro atoms. The summed E-state index contributed by atoms with van der Waals surface area (Å²) in [5.74, 6) is -2.01. The average Bonchev–Trinajstić information content (AvgIpc) is 2.44. The van der Waals surface area contributed by atoms with Crippen molar-refractivity contribution in [1.29, 1.82) is 0 Å². The van der Waals surface area contributed by atoms with E-state index in [-0.39, 0.29) is 18.0 Å². The Morgan fingerprint density at radius 3 is 2.67 bits per heavy atom. The third-order valence-corrected chi connectivity index (χ3v) is 3.32. The van der Waals surface area contributed by atoms with Crippen LogP contribution in [0.5, 0.6) is 0 Å². The summed E-state index contributed by atoms with van der Waals surface area (Å²) in [6.45, 7) is 5.41. The monoisotopic (exact) mass is 319 g/mol. The number of nitrogens with one attached hydrogen (secondary N) is 2. The molecule has 1 saturated heterocycles. The van der Waals surface area contributed by atoms with Crippen molar-refractivity contribution in [3.63, 3.8) is 0 Å². The van der Waals surface area contributed by atoms with Gasteiger partial charge in [-0.2, -0.15) is 0 Å². The standard InChI is InChI=1S/C14H19F2N3O.ClH/c15-11-2-3-12(13(16)10-11)14(20)18-4-1-7-19-8-5-17-6-9-19;/h2-3,10,17H,1,4-9H2,(H,18,20);1H. The minimum atomic E-state index is -0.829. The van der Waals surface area contributed by atoms with E-state index in [2.05, 4.69) is 15.5 Å². The van der Waals surface area contributed by atoms with Gasteiger partial charge in [0, 0.05) is 38.8 Å². The van der Waals surface area contributed by atoms with Crippen LogP contribution in [0, 0.1) is 11.6 Å². The molecule has 2 rings (SSSR count). The number of amides is 1. The largest absolute Gasteiger partial charge is 0.352 e. The van der Waals surface area contributed by atoms with E-state index in [4.69, 9.17) is 0 Å². The van der Waals surface area contributed by atoms with E-state index in [9.17, 15) is 13.6 Å². The van der Waals surface area contributed by atoms with Gasteiger partial charge in [-0.05, 0) is 25.1 Å². The van der Waals surface area contributed by atoms with E-state index in [1.807, 2.05) is 0 Å². The van der Waals surface area contributed by atoms with Crippen LogP contribution in [0.15, 0.2) is 18.2 Å². The maximum atomic E-state index is 13.4. The van der Waals surface area contributed by atoms with Gasteiger partial charge in [0.05, 0.1) is 5.56 Å². The van der Waals surface area contributed by atoms with Gasteiger partial charge in [-0.15, -0.1) is 12.4 Å². The number of hydrogen-bond acceptors (Lipinski definition) is 3. The fourth-order valence-electron chi connectivity index (χ4n) is 2.21. The molecular formula is C14H20ClF2N3O. The van der Waals surface area contributed by atoms with Gasteiger partial charge in [-0.3, -0.25) is 4.79 Å². The third-order valence-electron chi connectivity index (χ3n) is 3.32. The Bertz CT molecular complexity index is 468. The molecule has 0 radical (unpaired) electrons. The lowest BCUT2D eigenvalue weighted by atomic mass is 10.2. The van der Waals surface area contributed by atoms with E-state index in [1.54, 1.807) is 0 Å². The zero-order chi connectivity index (χ0) is 14.4. The molecule has 1 fully saturated rings. The smallest absolute Gasteiger partial charge is 0.254 e. The molecule has 1 amide bonds. The fraction of sp³-hybridized carbons (Fsp3) is 0.500. The van der Waals surface area contributed by atoms with Crippen molar-refractivity contribution < 1.29 is 13.6 Å². The van der Waals surface area contributed by atoms with Gasteiger partial charge in [0.15, 0.2) is 0 Å². The molecular weight excluding hydrogens is 300 g/mol. The summed E-state index contributed by atoms with van der Waals surface area (Å²) in [6.07, 6.45) is 0.814. The van der Waals surface area contributed by atoms with Crippen molar-refractivity contribution >= 4 is 18.3 Å². The summed E-state index contributed by atoms with van der Waals surface area (Å²) in [7, 11) is 0. The predicted molar refractivity (Wildman–Crippen MR) is 79.9 cm³/mol. The van der Waals surface area contributed by atoms with Crippen molar-refractivity contribution in [2.45, 2.75) is 6.42 Å². The maximum Gasteiger partial charge on any atom is 0.254 e. The maximum absolute atomic E-state index is 13.4. The minimum Gasteiger partial charge on any atom is -0.352 e. The lowest BCUT2D eigenvalue weighted by Crippen LogP contribution is -2.44. The molecule has 0 saturated carbocycles.